The van der Waals surface area contributed by atoms with Gasteiger partial charge in [0, 0.05) is 25.2 Å². The summed E-state index contributed by atoms with van der Waals surface area (Å²) in [7, 11) is -4.35. The van der Waals surface area contributed by atoms with Crippen LogP contribution < -0.4 is 10.0 Å². The van der Waals surface area contributed by atoms with Gasteiger partial charge in [0.2, 0.25) is 5.95 Å². The summed E-state index contributed by atoms with van der Waals surface area (Å²) in [4.78, 5) is 5.12. The summed E-state index contributed by atoms with van der Waals surface area (Å²) in [6, 6.07) is 16.6. The van der Waals surface area contributed by atoms with Gasteiger partial charge in [-0.25, -0.2) is 17.8 Å². The lowest BCUT2D eigenvalue weighted by atomic mass is 10.1. The Morgan fingerprint density at radius 1 is 1.09 bits per heavy atom. The number of pyridine rings is 1. The number of sulfonamides is 1. The third kappa shape index (κ3) is 5.26. The molecule has 10 heteroatoms. The van der Waals surface area contributed by atoms with Gasteiger partial charge in [0.1, 0.15) is 15.7 Å². The zero-order valence-corrected chi connectivity index (χ0v) is 19.4. The van der Waals surface area contributed by atoms with Crippen LogP contribution in [0.15, 0.2) is 65.6 Å². The first kappa shape index (κ1) is 23.4. The van der Waals surface area contributed by atoms with Gasteiger partial charge in [0.25, 0.3) is 10.0 Å². The summed E-state index contributed by atoms with van der Waals surface area (Å²) < 4.78 is 55.5. The highest BCUT2D eigenvalue weighted by atomic mass is 35.5. The standard InChI is InChI=1S/C23H23ClF2N4O2S/c1-15(16-6-3-2-4-7-16)30-13-12-17(14-30)27-18-10-11-19(23(26)22(18)24)33(31,32)29-21-9-5-8-20(25)28-21/h2-11,15,17,27H,12-14H2,1H3,(H,28,29)/t15-,17-/m0/s1. The maximum absolute atomic E-state index is 14.9. The number of rotatable bonds is 7. The number of hydrogen-bond acceptors (Lipinski definition) is 5. The maximum atomic E-state index is 14.9. The van der Waals surface area contributed by atoms with Crippen LogP contribution in [0, 0.1) is 11.8 Å². The number of benzene rings is 2. The largest absolute Gasteiger partial charge is 0.380 e. The van der Waals surface area contributed by atoms with Gasteiger partial charge in [-0.3, -0.25) is 9.62 Å². The van der Waals surface area contributed by atoms with Gasteiger partial charge in [-0.1, -0.05) is 48.0 Å². The normalized spacial score (nSPS) is 17.6. The monoisotopic (exact) mass is 492 g/mol. The molecule has 1 aliphatic heterocycles. The number of anilines is 2. The lowest BCUT2D eigenvalue weighted by Gasteiger charge is -2.25. The Labute approximate surface area is 196 Å². The summed E-state index contributed by atoms with van der Waals surface area (Å²) in [5.74, 6) is -2.20. The number of halogens is 3. The van der Waals surface area contributed by atoms with Gasteiger partial charge in [0.15, 0.2) is 5.82 Å². The molecule has 2 N–H and O–H groups in total. The van der Waals surface area contributed by atoms with E-state index in [4.69, 9.17) is 11.6 Å². The number of likely N-dealkylation sites (tertiary alicyclic amines) is 1. The van der Waals surface area contributed by atoms with E-state index in [9.17, 15) is 17.2 Å². The Balaban J connectivity index is 1.46. The molecule has 6 nitrogen and oxygen atoms in total. The molecule has 174 valence electrons. The summed E-state index contributed by atoms with van der Waals surface area (Å²) in [5, 5.41) is 2.91. The highest BCUT2D eigenvalue weighted by Gasteiger charge is 2.29. The third-order valence-corrected chi connectivity index (χ3v) is 7.44. The van der Waals surface area contributed by atoms with Crippen LogP contribution in [0.5, 0.6) is 0 Å². The molecule has 1 aliphatic rings. The minimum absolute atomic E-state index is 0.0325. The van der Waals surface area contributed by atoms with E-state index >= 15 is 0 Å². The van der Waals surface area contributed by atoms with Gasteiger partial charge in [-0.15, -0.1) is 0 Å². The summed E-state index contributed by atoms with van der Waals surface area (Å²) in [6.45, 7) is 3.75. The molecule has 0 radical (unpaired) electrons. The van der Waals surface area contributed by atoms with Gasteiger partial charge in [-0.2, -0.15) is 4.39 Å². The highest BCUT2D eigenvalue weighted by molar-refractivity contribution is 7.92. The summed E-state index contributed by atoms with van der Waals surface area (Å²) >= 11 is 6.19. The van der Waals surface area contributed by atoms with Crippen LogP contribution in [0.4, 0.5) is 20.3 Å². The molecular formula is C23H23ClF2N4O2S. The van der Waals surface area contributed by atoms with Crippen molar-refractivity contribution in [2.45, 2.75) is 30.3 Å². The predicted molar refractivity (Wildman–Crippen MR) is 125 cm³/mol. The van der Waals surface area contributed by atoms with E-state index in [-0.39, 0.29) is 22.9 Å². The van der Waals surface area contributed by atoms with E-state index < -0.39 is 26.7 Å². The lowest BCUT2D eigenvalue weighted by molar-refractivity contribution is 0.261. The van der Waals surface area contributed by atoms with E-state index in [0.717, 1.165) is 31.6 Å². The molecule has 1 fully saturated rings. The van der Waals surface area contributed by atoms with Crippen molar-refractivity contribution < 1.29 is 17.2 Å². The average molecular weight is 493 g/mol. The Bertz CT molecular complexity index is 1240. The Morgan fingerprint density at radius 2 is 1.85 bits per heavy atom. The molecule has 0 unspecified atom stereocenters. The summed E-state index contributed by atoms with van der Waals surface area (Å²) in [6.07, 6.45) is 0.835. The highest BCUT2D eigenvalue weighted by Crippen LogP contribution is 2.33. The quantitative estimate of drug-likeness (QED) is 0.451. The number of nitrogens with zero attached hydrogens (tertiary/aromatic N) is 2. The zero-order chi connectivity index (χ0) is 23.6. The first-order chi connectivity index (χ1) is 15.7. The molecule has 1 saturated heterocycles. The van der Waals surface area contributed by atoms with Crippen LogP contribution in [0.25, 0.3) is 0 Å². The van der Waals surface area contributed by atoms with Gasteiger partial charge < -0.3 is 5.32 Å². The molecule has 0 amide bonds. The van der Waals surface area contributed by atoms with Crippen molar-refractivity contribution in [2.75, 3.05) is 23.1 Å². The first-order valence-electron chi connectivity index (χ1n) is 10.4. The SMILES string of the molecule is C[C@@H](c1ccccc1)N1CC[C@H](Nc2ccc(S(=O)(=O)Nc3cccc(F)n3)c(F)c2Cl)C1. The van der Waals surface area contributed by atoms with E-state index in [1.807, 2.05) is 18.2 Å². The first-order valence-corrected chi connectivity index (χ1v) is 12.3. The van der Waals surface area contributed by atoms with Crippen molar-refractivity contribution in [1.29, 1.82) is 0 Å². The van der Waals surface area contributed by atoms with Crippen molar-refractivity contribution >= 4 is 33.1 Å². The molecule has 0 aliphatic carbocycles. The van der Waals surface area contributed by atoms with Crippen LogP contribution in [-0.2, 0) is 10.0 Å². The molecule has 0 bridgehead atoms. The molecule has 1 aromatic heterocycles. The minimum Gasteiger partial charge on any atom is -0.380 e. The van der Waals surface area contributed by atoms with E-state index in [1.165, 1.54) is 23.8 Å². The predicted octanol–water partition coefficient (Wildman–Crippen LogP) is 5.06. The van der Waals surface area contributed by atoms with Gasteiger partial charge in [-0.05, 0) is 43.2 Å². The zero-order valence-electron chi connectivity index (χ0n) is 17.8. The second kappa shape index (κ2) is 9.62. The van der Waals surface area contributed by atoms with Crippen molar-refractivity contribution in [3.05, 3.63) is 83.0 Å². The van der Waals surface area contributed by atoms with E-state index in [0.29, 0.717) is 5.69 Å². The number of aromatic nitrogens is 1. The molecule has 2 atom stereocenters. The van der Waals surface area contributed by atoms with E-state index in [1.54, 1.807) is 0 Å². The molecule has 2 heterocycles. The van der Waals surface area contributed by atoms with Gasteiger partial charge in [0.05, 0.1) is 5.69 Å². The molecule has 3 aromatic rings. The van der Waals surface area contributed by atoms with Crippen molar-refractivity contribution in [3.8, 4) is 0 Å². The van der Waals surface area contributed by atoms with Crippen molar-refractivity contribution in [3.63, 3.8) is 0 Å². The molecule has 2 aromatic carbocycles. The van der Waals surface area contributed by atoms with E-state index in [2.05, 4.69) is 39.0 Å². The Kier molecular flexibility index (Phi) is 6.83. The van der Waals surface area contributed by atoms with Crippen molar-refractivity contribution in [1.82, 2.24) is 9.88 Å². The fourth-order valence-corrected chi connectivity index (χ4v) is 5.29. The maximum Gasteiger partial charge on any atom is 0.266 e. The molecule has 4 rings (SSSR count). The van der Waals surface area contributed by atoms with Crippen LogP contribution in [0.3, 0.4) is 0 Å². The average Bonchev–Trinajstić information content (AvgIpc) is 3.25. The van der Waals surface area contributed by atoms with Crippen LogP contribution in [0.2, 0.25) is 5.02 Å². The second-order valence-corrected chi connectivity index (χ2v) is 9.93. The third-order valence-electron chi connectivity index (χ3n) is 5.70. The van der Waals surface area contributed by atoms with Gasteiger partial charge >= 0.3 is 0 Å². The van der Waals surface area contributed by atoms with Crippen LogP contribution in [0.1, 0.15) is 24.9 Å². The van der Waals surface area contributed by atoms with Crippen LogP contribution in [-0.4, -0.2) is 37.4 Å². The second-order valence-electron chi connectivity index (χ2n) is 7.90. The molecule has 33 heavy (non-hydrogen) atoms. The number of hydrogen-bond donors (Lipinski definition) is 2. The molecule has 0 saturated carbocycles. The minimum atomic E-state index is -4.35. The fourth-order valence-electron chi connectivity index (χ4n) is 3.93. The topological polar surface area (TPSA) is 74.3 Å². The Morgan fingerprint density at radius 3 is 2.58 bits per heavy atom. The Hall–Kier alpha value is -2.75. The smallest absolute Gasteiger partial charge is 0.266 e. The molecule has 0 spiro atoms. The van der Waals surface area contributed by atoms with Crippen LogP contribution >= 0.6 is 11.6 Å². The summed E-state index contributed by atoms with van der Waals surface area (Å²) in [5.41, 5.74) is 1.54. The fraction of sp³-hybridized carbons (Fsp3) is 0.261. The lowest BCUT2D eigenvalue weighted by Crippen LogP contribution is -2.28. The van der Waals surface area contributed by atoms with Crippen molar-refractivity contribution in [2.24, 2.45) is 0 Å². The molecular weight excluding hydrogens is 470 g/mol. The number of nitrogens with one attached hydrogen (secondary N) is 2.